The Hall–Kier alpha value is -1.16. The summed E-state index contributed by atoms with van der Waals surface area (Å²) in [7, 11) is -3.59. The molecule has 25 heavy (non-hydrogen) atoms. The van der Waals surface area contributed by atoms with Crippen molar-refractivity contribution in [3.05, 3.63) is 29.6 Å². The van der Waals surface area contributed by atoms with E-state index in [1.165, 1.54) is 16.4 Å². The van der Waals surface area contributed by atoms with Crippen LogP contribution in [0.5, 0.6) is 0 Å². The van der Waals surface area contributed by atoms with Gasteiger partial charge in [-0.3, -0.25) is 4.79 Å². The van der Waals surface area contributed by atoms with Crippen LogP contribution in [-0.4, -0.2) is 43.5 Å². The minimum atomic E-state index is -3.59. The number of hydrogen-bond donors (Lipinski definition) is 3. The quantitative estimate of drug-likeness (QED) is 0.536. The minimum Gasteiger partial charge on any atom is -0.326 e. The summed E-state index contributed by atoms with van der Waals surface area (Å²) in [6.07, 6.45) is 0.537. The largest absolute Gasteiger partial charge is 0.326 e. The molecule has 0 unspecified atom stereocenters. The van der Waals surface area contributed by atoms with Crippen molar-refractivity contribution in [3.63, 3.8) is 0 Å². The summed E-state index contributed by atoms with van der Waals surface area (Å²) in [5.41, 5.74) is 0.966. The van der Waals surface area contributed by atoms with Gasteiger partial charge in [0.15, 0.2) is 0 Å². The van der Waals surface area contributed by atoms with E-state index in [0.717, 1.165) is 0 Å². The zero-order valence-corrected chi connectivity index (χ0v) is 16.5. The summed E-state index contributed by atoms with van der Waals surface area (Å²) >= 11 is 4.09. The number of thiol groups is 1. The van der Waals surface area contributed by atoms with Crippen LogP contribution in [0, 0.1) is 12.7 Å². The number of halogens is 1. The van der Waals surface area contributed by atoms with Gasteiger partial charge >= 0.3 is 0 Å². The van der Waals surface area contributed by atoms with Crippen LogP contribution >= 0.6 is 12.6 Å². The fourth-order valence-corrected chi connectivity index (χ4v) is 4.02. The minimum absolute atomic E-state index is 0.163. The molecule has 0 saturated heterocycles. The zero-order chi connectivity index (χ0) is 19.0. The highest BCUT2D eigenvalue weighted by molar-refractivity contribution is 7.87. The number of carbonyl (C=O) groups is 1. The molecule has 0 bridgehead atoms. The topological polar surface area (TPSA) is 78.5 Å². The third kappa shape index (κ3) is 7.72. The third-order valence-corrected chi connectivity index (χ3v) is 5.34. The molecule has 2 N–H and O–H groups in total. The molecule has 9 heteroatoms. The van der Waals surface area contributed by atoms with Crippen LogP contribution in [0.1, 0.15) is 32.3 Å². The summed E-state index contributed by atoms with van der Waals surface area (Å²) in [6, 6.07) is 4.13. The standard InChI is InChI=1S/C16H26FN3O3S2/c1-12(2)19-25(22,23)20(9-10-24)8-4-5-16(21)18-14-6-7-15(17)13(3)11-14/h6-7,11-12,19,24H,4-5,8-10H2,1-3H3,(H,18,21). The van der Waals surface area contributed by atoms with Crippen LogP contribution in [0.4, 0.5) is 10.1 Å². The number of benzene rings is 1. The van der Waals surface area contributed by atoms with Crippen LogP contribution in [-0.2, 0) is 15.0 Å². The fraction of sp³-hybridized carbons (Fsp3) is 0.562. The molecule has 1 amide bonds. The smallest absolute Gasteiger partial charge is 0.279 e. The van der Waals surface area contributed by atoms with Crippen molar-refractivity contribution in [2.24, 2.45) is 0 Å². The Labute approximate surface area is 154 Å². The predicted octanol–water partition coefficient (Wildman–Crippen LogP) is 2.33. The van der Waals surface area contributed by atoms with E-state index < -0.39 is 10.2 Å². The number of nitrogens with zero attached hydrogens (tertiary/aromatic N) is 1. The summed E-state index contributed by atoms with van der Waals surface area (Å²) in [5.74, 6) is -0.186. The van der Waals surface area contributed by atoms with Crippen LogP contribution < -0.4 is 10.0 Å². The molecule has 0 spiro atoms. The van der Waals surface area contributed by atoms with Gasteiger partial charge in [0, 0.05) is 37.0 Å². The Morgan fingerprint density at radius 2 is 2.00 bits per heavy atom. The highest BCUT2D eigenvalue weighted by Crippen LogP contribution is 2.14. The summed E-state index contributed by atoms with van der Waals surface area (Å²) in [4.78, 5) is 12.0. The lowest BCUT2D eigenvalue weighted by Crippen LogP contribution is -2.45. The van der Waals surface area contributed by atoms with Gasteiger partial charge in [0.25, 0.3) is 10.2 Å². The lowest BCUT2D eigenvalue weighted by atomic mass is 10.2. The van der Waals surface area contributed by atoms with Gasteiger partial charge in [0.05, 0.1) is 0 Å². The molecule has 0 fully saturated rings. The molecular weight excluding hydrogens is 365 g/mol. The normalized spacial score (nSPS) is 12.0. The van der Waals surface area contributed by atoms with Crippen LogP contribution in [0.3, 0.4) is 0 Å². The highest BCUT2D eigenvalue weighted by Gasteiger charge is 2.21. The van der Waals surface area contributed by atoms with Crippen LogP contribution in [0.15, 0.2) is 18.2 Å². The molecule has 0 radical (unpaired) electrons. The molecule has 6 nitrogen and oxygen atoms in total. The molecule has 0 aliphatic rings. The van der Waals surface area contributed by atoms with Crippen molar-refractivity contribution in [1.82, 2.24) is 9.03 Å². The Balaban J connectivity index is 2.54. The van der Waals surface area contributed by atoms with Crippen molar-refractivity contribution in [3.8, 4) is 0 Å². The first-order valence-electron chi connectivity index (χ1n) is 8.10. The maximum atomic E-state index is 13.2. The average Bonchev–Trinajstić information content (AvgIpc) is 2.49. The van der Waals surface area contributed by atoms with Crippen molar-refractivity contribution >= 4 is 34.4 Å². The molecule has 1 aromatic carbocycles. The Kier molecular flexibility index (Phi) is 8.84. The maximum absolute atomic E-state index is 13.2. The van der Waals surface area contributed by atoms with Gasteiger partial charge < -0.3 is 5.32 Å². The first kappa shape index (κ1) is 21.9. The first-order valence-corrected chi connectivity index (χ1v) is 10.2. The van der Waals surface area contributed by atoms with Gasteiger partial charge in [-0.1, -0.05) is 0 Å². The maximum Gasteiger partial charge on any atom is 0.279 e. The molecule has 0 atom stereocenters. The molecule has 1 rings (SSSR count). The molecular formula is C16H26FN3O3S2. The molecule has 0 saturated carbocycles. The molecule has 142 valence electrons. The second-order valence-corrected chi connectivity index (χ2v) is 8.17. The van der Waals surface area contributed by atoms with E-state index in [1.54, 1.807) is 26.8 Å². The Bertz CT molecular complexity index is 681. The number of aryl methyl sites for hydroxylation is 1. The summed E-state index contributed by atoms with van der Waals surface area (Å²) in [6.45, 7) is 5.60. The van der Waals surface area contributed by atoms with Gasteiger partial charge in [0.2, 0.25) is 5.91 Å². The number of anilines is 1. The van der Waals surface area contributed by atoms with E-state index >= 15 is 0 Å². The first-order chi connectivity index (χ1) is 11.7. The predicted molar refractivity (Wildman–Crippen MR) is 102 cm³/mol. The molecule has 0 aliphatic carbocycles. The van der Waals surface area contributed by atoms with Gasteiger partial charge in [-0.15, -0.1) is 0 Å². The van der Waals surface area contributed by atoms with Crippen molar-refractivity contribution in [2.45, 2.75) is 39.7 Å². The number of nitrogens with one attached hydrogen (secondary N) is 2. The van der Waals surface area contributed by atoms with Crippen LogP contribution in [0.25, 0.3) is 0 Å². The molecule has 0 aliphatic heterocycles. The molecule has 0 heterocycles. The van der Waals surface area contributed by atoms with E-state index in [0.29, 0.717) is 23.4 Å². The Morgan fingerprint density at radius 1 is 1.32 bits per heavy atom. The summed E-state index contributed by atoms with van der Waals surface area (Å²) in [5, 5.41) is 2.68. The van der Waals surface area contributed by atoms with Gasteiger partial charge in [-0.25, -0.2) is 4.39 Å². The van der Waals surface area contributed by atoms with E-state index in [2.05, 4.69) is 22.7 Å². The van der Waals surface area contributed by atoms with Crippen molar-refractivity contribution in [1.29, 1.82) is 0 Å². The number of carbonyl (C=O) groups excluding carboxylic acids is 1. The second-order valence-electron chi connectivity index (χ2n) is 6.02. The van der Waals surface area contributed by atoms with Crippen molar-refractivity contribution in [2.75, 3.05) is 24.2 Å². The van der Waals surface area contributed by atoms with Gasteiger partial charge in [-0.05, 0) is 51.0 Å². The molecule has 1 aromatic rings. The fourth-order valence-electron chi connectivity index (χ4n) is 2.20. The second kappa shape index (κ2) is 10.1. The van der Waals surface area contributed by atoms with E-state index in [9.17, 15) is 17.6 Å². The average molecular weight is 392 g/mol. The third-order valence-electron chi connectivity index (χ3n) is 3.33. The van der Waals surface area contributed by atoms with E-state index in [-0.39, 0.29) is 37.3 Å². The highest BCUT2D eigenvalue weighted by atomic mass is 32.2. The number of rotatable bonds is 10. The lowest BCUT2D eigenvalue weighted by molar-refractivity contribution is -0.116. The van der Waals surface area contributed by atoms with Gasteiger partial charge in [-0.2, -0.15) is 30.1 Å². The number of hydrogen-bond acceptors (Lipinski definition) is 4. The van der Waals surface area contributed by atoms with Crippen molar-refractivity contribution < 1.29 is 17.6 Å². The zero-order valence-electron chi connectivity index (χ0n) is 14.8. The van der Waals surface area contributed by atoms with E-state index in [4.69, 9.17) is 0 Å². The monoisotopic (exact) mass is 391 g/mol. The summed E-state index contributed by atoms with van der Waals surface area (Å²) < 4.78 is 41.4. The lowest BCUT2D eigenvalue weighted by Gasteiger charge is -2.23. The van der Waals surface area contributed by atoms with Gasteiger partial charge in [0.1, 0.15) is 5.82 Å². The van der Waals surface area contributed by atoms with Crippen LogP contribution in [0.2, 0.25) is 0 Å². The Morgan fingerprint density at radius 3 is 2.56 bits per heavy atom. The molecule has 0 aromatic heterocycles. The number of amides is 1. The van der Waals surface area contributed by atoms with E-state index in [1.807, 2.05) is 0 Å². The SMILES string of the molecule is Cc1cc(NC(=O)CCCN(CCS)S(=O)(=O)NC(C)C)ccc1F.